The molecule has 0 saturated heterocycles. The maximum atomic E-state index is 12.2. The van der Waals surface area contributed by atoms with Gasteiger partial charge >= 0.3 is 0 Å². The van der Waals surface area contributed by atoms with Gasteiger partial charge in [0, 0.05) is 24.8 Å². The standard InChI is InChI=1S/C18H21N3O/c19-16-10-15-8-4-5-9-17(15)21(12-16)13-18(22)20-11-14-6-2-1-3-7-14/h1-9,16H,10-13,19H2,(H,20,22). The summed E-state index contributed by atoms with van der Waals surface area (Å²) in [4.78, 5) is 14.3. The van der Waals surface area contributed by atoms with E-state index in [0.29, 0.717) is 13.1 Å². The van der Waals surface area contributed by atoms with Crippen molar-refractivity contribution in [3.05, 3.63) is 65.7 Å². The van der Waals surface area contributed by atoms with Gasteiger partial charge < -0.3 is 16.0 Å². The molecule has 2 aromatic rings. The number of amides is 1. The molecule has 2 aromatic carbocycles. The number of nitrogens with two attached hydrogens (primary N) is 1. The Morgan fingerprint density at radius 1 is 1.14 bits per heavy atom. The summed E-state index contributed by atoms with van der Waals surface area (Å²) in [7, 11) is 0. The average Bonchev–Trinajstić information content (AvgIpc) is 2.54. The normalized spacial score (nSPS) is 17.0. The fourth-order valence-corrected chi connectivity index (χ4v) is 2.90. The third-order valence-electron chi connectivity index (χ3n) is 3.94. The molecule has 0 aromatic heterocycles. The molecule has 0 fully saturated rings. The molecule has 22 heavy (non-hydrogen) atoms. The minimum atomic E-state index is 0.0211. The quantitative estimate of drug-likeness (QED) is 0.902. The van der Waals surface area contributed by atoms with Crippen molar-refractivity contribution in [1.82, 2.24) is 5.32 Å². The summed E-state index contributed by atoms with van der Waals surface area (Å²) in [6, 6.07) is 18.2. The van der Waals surface area contributed by atoms with Gasteiger partial charge in [0.05, 0.1) is 6.54 Å². The zero-order chi connectivity index (χ0) is 15.4. The highest BCUT2D eigenvalue weighted by Crippen LogP contribution is 2.25. The van der Waals surface area contributed by atoms with Gasteiger partial charge in [-0.25, -0.2) is 0 Å². The maximum absolute atomic E-state index is 12.2. The average molecular weight is 295 g/mol. The van der Waals surface area contributed by atoms with E-state index in [4.69, 9.17) is 5.73 Å². The Bertz CT molecular complexity index is 642. The van der Waals surface area contributed by atoms with Gasteiger partial charge in [-0.1, -0.05) is 48.5 Å². The Balaban J connectivity index is 1.62. The highest BCUT2D eigenvalue weighted by Gasteiger charge is 2.23. The van der Waals surface area contributed by atoms with Gasteiger partial charge in [-0.3, -0.25) is 4.79 Å². The number of nitrogens with zero attached hydrogens (tertiary/aromatic N) is 1. The molecule has 1 aliphatic rings. The Morgan fingerprint density at radius 3 is 2.68 bits per heavy atom. The lowest BCUT2D eigenvalue weighted by Gasteiger charge is -2.34. The van der Waals surface area contributed by atoms with Crippen molar-refractivity contribution in [2.24, 2.45) is 5.73 Å². The number of rotatable bonds is 4. The zero-order valence-electron chi connectivity index (χ0n) is 12.5. The molecule has 0 saturated carbocycles. The highest BCUT2D eigenvalue weighted by molar-refractivity contribution is 5.82. The summed E-state index contributed by atoms with van der Waals surface area (Å²) in [6.07, 6.45) is 0.873. The second kappa shape index (κ2) is 6.62. The van der Waals surface area contributed by atoms with Crippen molar-refractivity contribution < 1.29 is 4.79 Å². The fourth-order valence-electron chi connectivity index (χ4n) is 2.90. The number of carbonyl (C=O) groups excluding carboxylic acids is 1. The minimum Gasteiger partial charge on any atom is -0.360 e. The van der Waals surface area contributed by atoms with Crippen molar-refractivity contribution in [3.8, 4) is 0 Å². The number of fused-ring (bicyclic) bond motifs is 1. The van der Waals surface area contributed by atoms with Crippen molar-refractivity contribution in [2.45, 2.75) is 19.0 Å². The summed E-state index contributed by atoms with van der Waals surface area (Å²) in [5, 5.41) is 2.97. The molecule has 4 nitrogen and oxygen atoms in total. The fraction of sp³-hybridized carbons (Fsp3) is 0.278. The van der Waals surface area contributed by atoms with Crippen molar-refractivity contribution in [2.75, 3.05) is 18.0 Å². The van der Waals surface area contributed by atoms with Gasteiger partial charge in [0.1, 0.15) is 0 Å². The van der Waals surface area contributed by atoms with E-state index >= 15 is 0 Å². The molecule has 0 radical (unpaired) electrons. The van der Waals surface area contributed by atoms with E-state index in [1.165, 1.54) is 5.56 Å². The Hall–Kier alpha value is -2.33. The van der Waals surface area contributed by atoms with E-state index in [9.17, 15) is 4.79 Å². The lowest BCUT2D eigenvalue weighted by molar-refractivity contribution is -0.119. The third kappa shape index (κ3) is 3.46. The van der Waals surface area contributed by atoms with Gasteiger partial charge in [-0.05, 0) is 23.6 Å². The second-order valence-electron chi connectivity index (χ2n) is 5.74. The monoisotopic (exact) mass is 295 g/mol. The molecule has 1 unspecified atom stereocenters. The number of para-hydroxylation sites is 1. The van der Waals surface area contributed by atoms with Crippen LogP contribution in [0.25, 0.3) is 0 Å². The largest absolute Gasteiger partial charge is 0.360 e. The number of hydrogen-bond donors (Lipinski definition) is 2. The van der Waals surface area contributed by atoms with E-state index in [-0.39, 0.29) is 11.9 Å². The first-order valence-electron chi connectivity index (χ1n) is 7.61. The molecule has 4 heteroatoms. The summed E-state index contributed by atoms with van der Waals surface area (Å²) >= 11 is 0. The van der Waals surface area contributed by atoms with Crippen LogP contribution in [0.5, 0.6) is 0 Å². The predicted molar refractivity (Wildman–Crippen MR) is 88.6 cm³/mol. The van der Waals surface area contributed by atoms with E-state index < -0.39 is 0 Å². The number of carbonyl (C=O) groups is 1. The summed E-state index contributed by atoms with van der Waals surface area (Å²) in [5.74, 6) is 0.0211. The van der Waals surface area contributed by atoms with Crippen LogP contribution in [-0.2, 0) is 17.8 Å². The van der Waals surface area contributed by atoms with Gasteiger partial charge in [-0.2, -0.15) is 0 Å². The highest BCUT2D eigenvalue weighted by atomic mass is 16.2. The Kier molecular flexibility index (Phi) is 4.39. The lowest BCUT2D eigenvalue weighted by Crippen LogP contribution is -2.47. The number of benzene rings is 2. The second-order valence-corrected chi connectivity index (χ2v) is 5.74. The van der Waals surface area contributed by atoms with E-state index in [0.717, 1.165) is 24.2 Å². The van der Waals surface area contributed by atoms with Crippen LogP contribution in [0.4, 0.5) is 5.69 Å². The van der Waals surface area contributed by atoms with E-state index in [2.05, 4.69) is 22.3 Å². The number of anilines is 1. The SMILES string of the molecule is NC1Cc2ccccc2N(CC(=O)NCc2ccccc2)C1. The van der Waals surface area contributed by atoms with Crippen LogP contribution >= 0.6 is 0 Å². The third-order valence-corrected chi connectivity index (χ3v) is 3.94. The molecule has 3 rings (SSSR count). The first-order valence-corrected chi connectivity index (χ1v) is 7.61. The van der Waals surface area contributed by atoms with Crippen LogP contribution in [0.15, 0.2) is 54.6 Å². The summed E-state index contributed by atoms with van der Waals surface area (Å²) < 4.78 is 0. The molecular weight excluding hydrogens is 274 g/mol. The number of hydrogen-bond acceptors (Lipinski definition) is 3. The first kappa shape index (κ1) is 14.6. The minimum absolute atomic E-state index is 0.0211. The van der Waals surface area contributed by atoms with Gasteiger partial charge in [0.25, 0.3) is 0 Å². The number of nitrogens with one attached hydrogen (secondary N) is 1. The molecule has 0 aliphatic carbocycles. The van der Waals surface area contributed by atoms with E-state index in [1.807, 2.05) is 42.5 Å². The Morgan fingerprint density at radius 2 is 1.86 bits per heavy atom. The summed E-state index contributed by atoms with van der Waals surface area (Å²) in [6.45, 7) is 1.62. The van der Waals surface area contributed by atoms with Gasteiger partial charge in [-0.15, -0.1) is 0 Å². The van der Waals surface area contributed by atoms with Crippen molar-refractivity contribution >= 4 is 11.6 Å². The molecule has 3 N–H and O–H groups in total. The van der Waals surface area contributed by atoms with Crippen LogP contribution in [0.3, 0.4) is 0 Å². The molecule has 1 atom stereocenters. The van der Waals surface area contributed by atoms with Crippen LogP contribution in [0.1, 0.15) is 11.1 Å². The summed E-state index contributed by atoms with van der Waals surface area (Å²) in [5.41, 5.74) is 9.55. The lowest BCUT2D eigenvalue weighted by atomic mass is 9.98. The molecule has 1 amide bonds. The Labute approximate surface area is 130 Å². The first-order chi connectivity index (χ1) is 10.7. The molecule has 1 heterocycles. The topological polar surface area (TPSA) is 58.4 Å². The smallest absolute Gasteiger partial charge is 0.239 e. The molecule has 0 spiro atoms. The van der Waals surface area contributed by atoms with Gasteiger partial charge in [0.15, 0.2) is 0 Å². The van der Waals surface area contributed by atoms with E-state index in [1.54, 1.807) is 0 Å². The zero-order valence-corrected chi connectivity index (χ0v) is 12.5. The van der Waals surface area contributed by atoms with Gasteiger partial charge in [0.2, 0.25) is 5.91 Å². The van der Waals surface area contributed by atoms with Crippen LogP contribution in [-0.4, -0.2) is 25.0 Å². The van der Waals surface area contributed by atoms with Crippen LogP contribution in [0, 0.1) is 0 Å². The van der Waals surface area contributed by atoms with Crippen molar-refractivity contribution in [1.29, 1.82) is 0 Å². The van der Waals surface area contributed by atoms with Crippen molar-refractivity contribution in [3.63, 3.8) is 0 Å². The molecule has 114 valence electrons. The maximum Gasteiger partial charge on any atom is 0.239 e. The molecule has 1 aliphatic heterocycles. The molecular formula is C18H21N3O. The molecule has 0 bridgehead atoms. The van der Waals surface area contributed by atoms with Crippen LogP contribution in [0.2, 0.25) is 0 Å². The van der Waals surface area contributed by atoms with Crippen LogP contribution < -0.4 is 16.0 Å². The predicted octanol–water partition coefficient (Wildman–Crippen LogP) is 1.69.